The van der Waals surface area contributed by atoms with Crippen molar-refractivity contribution in [1.82, 2.24) is 4.98 Å². The fourth-order valence-electron chi connectivity index (χ4n) is 1.12. The van der Waals surface area contributed by atoms with Crippen LogP contribution in [0.2, 0.25) is 0 Å². The highest BCUT2D eigenvalue weighted by molar-refractivity contribution is 9.10. The smallest absolute Gasteiger partial charge is 0.141 e. The summed E-state index contributed by atoms with van der Waals surface area (Å²) in [7, 11) is 0. The molecule has 0 saturated carbocycles. The van der Waals surface area contributed by atoms with Crippen molar-refractivity contribution >= 4 is 15.9 Å². The van der Waals surface area contributed by atoms with Gasteiger partial charge < -0.3 is 10.5 Å². The zero-order chi connectivity index (χ0) is 7.84. The number of aromatic nitrogens is 1. The number of fused-ring (bicyclic) bond motifs is 1. The minimum Gasteiger partial charge on any atom is -0.490 e. The van der Waals surface area contributed by atoms with Crippen LogP contribution >= 0.6 is 15.9 Å². The SMILES string of the molecule is NC1COc2c(Br)cncc21. The van der Waals surface area contributed by atoms with Gasteiger partial charge in [0.25, 0.3) is 0 Å². The van der Waals surface area contributed by atoms with Gasteiger partial charge in [-0.15, -0.1) is 0 Å². The number of pyridine rings is 1. The molecule has 1 aliphatic heterocycles. The van der Waals surface area contributed by atoms with Crippen LogP contribution in [0.25, 0.3) is 0 Å². The van der Waals surface area contributed by atoms with Gasteiger partial charge in [0.15, 0.2) is 0 Å². The Bertz CT molecular complexity index is 290. The molecule has 58 valence electrons. The Balaban J connectivity index is 2.57. The second-order valence-electron chi connectivity index (χ2n) is 2.46. The summed E-state index contributed by atoms with van der Waals surface area (Å²) in [6.45, 7) is 0.555. The van der Waals surface area contributed by atoms with Gasteiger partial charge in [-0.1, -0.05) is 0 Å². The number of rotatable bonds is 0. The average molecular weight is 215 g/mol. The molecule has 0 spiro atoms. The third kappa shape index (κ3) is 1.02. The van der Waals surface area contributed by atoms with E-state index in [1.165, 1.54) is 0 Å². The maximum absolute atomic E-state index is 5.73. The molecule has 1 aromatic rings. The molecule has 0 saturated heterocycles. The molecular formula is C7H7BrN2O. The molecule has 2 N–H and O–H groups in total. The van der Waals surface area contributed by atoms with Gasteiger partial charge in [0.2, 0.25) is 0 Å². The molecule has 2 rings (SSSR count). The van der Waals surface area contributed by atoms with E-state index in [-0.39, 0.29) is 6.04 Å². The quantitative estimate of drug-likeness (QED) is 0.708. The maximum Gasteiger partial charge on any atom is 0.141 e. The standard InChI is InChI=1S/C7H7BrN2O/c8-5-2-10-1-4-6(9)3-11-7(4)5/h1-2,6H,3,9H2. The molecule has 11 heavy (non-hydrogen) atoms. The van der Waals surface area contributed by atoms with Crippen LogP contribution in [0.5, 0.6) is 5.75 Å². The lowest BCUT2D eigenvalue weighted by atomic mass is 10.2. The van der Waals surface area contributed by atoms with Gasteiger partial charge in [0, 0.05) is 18.0 Å². The molecule has 1 aromatic heterocycles. The average Bonchev–Trinajstić information content (AvgIpc) is 2.35. The monoisotopic (exact) mass is 214 g/mol. The van der Waals surface area contributed by atoms with Crippen LogP contribution in [0.4, 0.5) is 0 Å². The minimum absolute atomic E-state index is 0.0185. The number of halogens is 1. The second kappa shape index (κ2) is 2.46. The highest BCUT2D eigenvalue weighted by Crippen LogP contribution is 2.35. The molecule has 3 nitrogen and oxygen atoms in total. The number of hydrogen-bond donors (Lipinski definition) is 1. The van der Waals surface area contributed by atoms with Crippen molar-refractivity contribution in [2.45, 2.75) is 6.04 Å². The van der Waals surface area contributed by atoms with Crippen LogP contribution in [0, 0.1) is 0 Å². The number of hydrogen-bond acceptors (Lipinski definition) is 3. The molecule has 0 fully saturated rings. The lowest BCUT2D eigenvalue weighted by Gasteiger charge is -1.99. The largest absolute Gasteiger partial charge is 0.490 e. The Morgan fingerprint density at radius 3 is 3.18 bits per heavy atom. The Hall–Kier alpha value is -0.610. The third-order valence-corrected chi connectivity index (χ3v) is 2.25. The van der Waals surface area contributed by atoms with Crippen molar-refractivity contribution in [2.24, 2.45) is 5.73 Å². The van der Waals surface area contributed by atoms with Gasteiger partial charge in [-0.25, -0.2) is 0 Å². The van der Waals surface area contributed by atoms with E-state index in [4.69, 9.17) is 10.5 Å². The summed E-state index contributed by atoms with van der Waals surface area (Å²) < 4.78 is 6.21. The Morgan fingerprint density at radius 1 is 1.64 bits per heavy atom. The van der Waals surface area contributed by atoms with Crippen molar-refractivity contribution in [2.75, 3.05) is 6.61 Å². The molecular weight excluding hydrogens is 208 g/mol. The zero-order valence-electron chi connectivity index (χ0n) is 5.75. The first-order chi connectivity index (χ1) is 5.29. The predicted octanol–water partition coefficient (Wildman–Crippen LogP) is 1.24. The maximum atomic E-state index is 5.73. The topological polar surface area (TPSA) is 48.1 Å². The molecule has 0 aromatic carbocycles. The van der Waals surface area contributed by atoms with E-state index in [2.05, 4.69) is 20.9 Å². The van der Waals surface area contributed by atoms with Gasteiger partial charge in [-0.3, -0.25) is 4.98 Å². The van der Waals surface area contributed by atoms with E-state index in [1.807, 2.05) is 0 Å². The normalized spacial score (nSPS) is 21.1. The lowest BCUT2D eigenvalue weighted by Crippen LogP contribution is -2.10. The Labute approximate surface area is 72.7 Å². The van der Waals surface area contributed by atoms with Gasteiger partial charge in [0.05, 0.1) is 10.5 Å². The van der Waals surface area contributed by atoms with Crippen LogP contribution in [0.3, 0.4) is 0 Å². The predicted molar refractivity (Wildman–Crippen MR) is 44.4 cm³/mol. The van der Waals surface area contributed by atoms with Crippen molar-refractivity contribution in [3.05, 3.63) is 22.4 Å². The van der Waals surface area contributed by atoms with Crippen LogP contribution in [-0.2, 0) is 0 Å². The zero-order valence-corrected chi connectivity index (χ0v) is 7.34. The highest BCUT2D eigenvalue weighted by atomic mass is 79.9. The summed E-state index contributed by atoms with van der Waals surface area (Å²) >= 11 is 3.33. The summed E-state index contributed by atoms with van der Waals surface area (Å²) in [4.78, 5) is 4.00. The van der Waals surface area contributed by atoms with Gasteiger partial charge >= 0.3 is 0 Å². The van der Waals surface area contributed by atoms with Gasteiger partial charge in [-0.05, 0) is 15.9 Å². The second-order valence-corrected chi connectivity index (χ2v) is 3.31. The van der Waals surface area contributed by atoms with E-state index in [1.54, 1.807) is 12.4 Å². The molecule has 4 heteroatoms. The van der Waals surface area contributed by atoms with Crippen LogP contribution in [-0.4, -0.2) is 11.6 Å². The Morgan fingerprint density at radius 2 is 2.45 bits per heavy atom. The minimum atomic E-state index is -0.0185. The highest BCUT2D eigenvalue weighted by Gasteiger charge is 2.22. The fourth-order valence-corrected chi connectivity index (χ4v) is 1.58. The molecule has 1 atom stereocenters. The lowest BCUT2D eigenvalue weighted by molar-refractivity contribution is 0.331. The van der Waals surface area contributed by atoms with E-state index >= 15 is 0 Å². The molecule has 1 unspecified atom stereocenters. The summed E-state index contributed by atoms with van der Waals surface area (Å²) in [5.74, 6) is 0.840. The number of ether oxygens (including phenoxy) is 1. The van der Waals surface area contributed by atoms with Crippen molar-refractivity contribution in [3.63, 3.8) is 0 Å². The third-order valence-electron chi connectivity index (χ3n) is 1.69. The first kappa shape index (κ1) is 7.06. The molecule has 0 aliphatic carbocycles. The van der Waals surface area contributed by atoms with Gasteiger partial charge in [-0.2, -0.15) is 0 Å². The van der Waals surface area contributed by atoms with E-state index in [0.29, 0.717) is 6.61 Å². The Kier molecular flexibility index (Phi) is 1.58. The molecule has 2 heterocycles. The summed E-state index contributed by atoms with van der Waals surface area (Å²) in [6.07, 6.45) is 3.45. The van der Waals surface area contributed by atoms with Crippen LogP contribution in [0.1, 0.15) is 11.6 Å². The van der Waals surface area contributed by atoms with E-state index in [0.717, 1.165) is 15.8 Å². The molecule has 0 bridgehead atoms. The first-order valence-electron chi connectivity index (χ1n) is 3.31. The summed E-state index contributed by atoms with van der Waals surface area (Å²) in [5, 5.41) is 0. The molecule has 1 aliphatic rings. The van der Waals surface area contributed by atoms with E-state index < -0.39 is 0 Å². The molecule has 0 radical (unpaired) electrons. The first-order valence-corrected chi connectivity index (χ1v) is 4.10. The summed E-state index contributed by atoms with van der Waals surface area (Å²) in [6, 6.07) is -0.0185. The fraction of sp³-hybridized carbons (Fsp3) is 0.286. The number of nitrogens with two attached hydrogens (primary N) is 1. The van der Waals surface area contributed by atoms with Crippen LogP contribution in [0.15, 0.2) is 16.9 Å². The molecule has 0 amide bonds. The van der Waals surface area contributed by atoms with E-state index in [9.17, 15) is 0 Å². The van der Waals surface area contributed by atoms with Crippen LogP contribution < -0.4 is 10.5 Å². The van der Waals surface area contributed by atoms with Crippen molar-refractivity contribution in [3.8, 4) is 5.75 Å². The number of nitrogens with zero attached hydrogens (tertiary/aromatic N) is 1. The van der Waals surface area contributed by atoms with Crippen molar-refractivity contribution in [1.29, 1.82) is 0 Å². The van der Waals surface area contributed by atoms with Crippen molar-refractivity contribution < 1.29 is 4.74 Å². The summed E-state index contributed by atoms with van der Waals surface area (Å²) in [5.41, 5.74) is 6.71. The van der Waals surface area contributed by atoms with Gasteiger partial charge in [0.1, 0.15) is 12.4 Å².